The highest BCUT2D eigenvalue weighted by Gasteiger charge is 2.43. The fraction of sp³-hybridized carbons (Fsp3) is 0.917. The molecule has 3 nitrogen and oxygen atoms in total. The smallest absolute Gasteiger partial charge is 0.312 e. The lowest BCUT2D eigenvalue weighted by Crippen LogP contribution is -2.41. The summed E-state index contributed by atoms with van der Waals surface area (Å²) in [7, 11) is 1.59. The molecule has 0 aliphatic rings. The Morgan fingerprint density at radius 3 is 2.00 bits per heavy atom. The molecule has 0 heterocycles. The normalized spacial score (nSPS) is 15.9. The van der Waals surface area contributed by atoms with Gasteiger partial charge in [0.25, 0.3) is 0 Å². The van der Waals surface area contributed by atoms with E-state index in [1.807, 2.05) is 13.8 Å². The molecule has 0 saturated heterocycles. The Morgan fingerprint density at radius 2 is 1.67 bits per heavy atom. The van der Waals surface area contributed by atoms with E-state index >= 15 is 0 Å². The summed E-state index contributed by atoms with van der Waals surface area (Å²) in [6.07, 6.45) is 0.780. The second kappa shape index (κ2) is 5.50. The molecule has 0 aromatic heterocycles. The first kappa shape index (κ1) is 14.4. The Labute approximate surface area is 93.1 Å². The average molecular weight is 216 g/mol. The van der Waals surface area contributed by atoms with Crippen LogP contribution >= 0.6 is 0 Å². The van der Waals surface area contributed by atoms with Gasteiger partial charge in [0.2, 0.25) is 0 Å². The van der Waals surface area contributed by atoms with Gasteiger partial charge in [-0.2, -0.15) is 0 Å². The highest BCUT2D eigenvalue weighted by molar-refractivity contribution is 5.77. The molecule has 1 unspecified atom stereocenters. The van der Waals surface area contributed by atoms with Gasteiger partial charge in [0.05, 0.1) is 12.0 Å². The van der Waals surface area contributed by atoms with Gasteiger partial charge in [0.15, 0.2) is 0 Å². The molecule has 0 saturated carbocycles. The molecule has 15 heavy (non-hydrogen) atoms. The Morgan fingerprint density at radius 1 is 1.13 bits per heavy atom. The maximum atomic E-state index is 11.9. The zero-order chi connectivity index (χ0) is 12.1. The summed E-state index contributed by atoms with van der Waals surface area (Å²) in [4.78, 5) is 11.9. The highest BCUT2D eigenvalue weighted by Crippen LogP contribution is 2.42. The first-order chi connectivity index (χ1) is 6.79. The largest absolute Gasteiger partial charge is 0.463 e. The average Bonchev–Trinajstić information content (AvgIpc) is 2.15. The van der Waals surface area contributed by atoms with Crippen LogP contribution in [0.3, 0.4) is 0 Å². The monoisotopic (exact) mass is 216 g/mol. The summed E-state index contributed by atoms with van der Waals surface area (Å²) < 4.78 is 10.0. The van der Waals surface area contributed by atoms with Gasteiger partial charge < -0.3 is 9.47 Å². The second-order valence-corrected chi connectivity index (χ2v) is 5.06. The number of carbonyl (C=O) groups excluding carboxylic acids is 1. The summed E-state index contributed by atoms with van der Waals surface area (Å²) in [5, 5.41) is 0. The van der Waals surface area contributed by atoms with Crippen LogP contribution in [0.25, 0.3) is 0 Å². The van der Waals surface area contributed by atoms with E-state index in [-0.39, 0.29) is 11.4 Å². The van der Waals surface area contributed by atoms with E-state index in [1.54, 1.807) is 7.11 Å². The SMILES string of the molecule is CCC(C)(C(=O)OCCOC)C(C)(C)C. The summed E-state index contributed by atoms with van der Waals surface area (Å²) >= 11 is 0. The number of hydrogen-bond acceptors (Lipinski definition) is 3. The third-order valence-corrected chi connectivity index (χ3v) is 3.33. The number of methoxy groups -OCH3 is 1. The van der Waals surface area contributed by atoms with Crippen LogP contribution in [0.5, 0.6) is 0 Å². The number of rotatable bonds is 5. The van der Waals surface area contributed by atoms with Crippen LogP contribution < -0.4 is 0 Å². The van der Waals surface area contributed by atoms with Crippen molar-refractivity contribution in [3.63, 3.8) is 0 Å². The minimum atomic E-state index is -0.430. The lowest BCUT2D eigenvalue weighted by Gasteiger charge is -2.38. The van der Waals surface area contributed by atoms with Gasteiger partial charge in [-0.1, -0.05) is 27.7 Å². The molecule has 0 rings (SSSR count). The minimum Gasteiger partial charge on any atom is -0.463 e. The molecule has 0 bridgehead atoms. The van der Waals surface area contributed by atoms with Crippen LogP contribution in [-0.2, 0) is 14.3 Å². The van der Waals surface area contributed by atoms with Crippen molar-refractivity contribution in [3.8, 4) is 0 Å². The van der Waals surface area contributed by atoms with Crippen molar-refractivity contribution in [2.24, 2.45) is 10.8 Å². The summed E-state index contributed by atoms with van der Waals surface area (Å²) in [6.45, 7) is 11.0. The first-order valence-corrected chi connectivity index (χ1v) is 5.45. The van der Waals surface area contributed by atoms with Crippen molar-refractivity contribution in [3.05, 3.63) is 0 Å². The lowest BCUT2D eigenvalue weighted by molar-refractivity contribution is -0.163. The van der Waals surface area contributed by atoms with Crippen LogP contribution in [0, 0.1) is 10.8 Å². The van der Waals surface area contributed by atoms with Gasteiger partial charge in [-0.05, 0) is 18.8 Å². The van der Waals surface area contributed by atoms with Gasteiger partial charge in [0, 0.05) is 7.11 Å². The Hall–Kier alpha value is -0.570. The van der Waals surface area contributed by atoms with Gasteiger partial charge in [-0.25, -0.2) is 0 Å². The summed E-state index contributed by atoms with van der Waals surface area (Å²) in [5.74, 6) is -0.130. The van der Waals surface area contributed by atoms with Crippen molar-refractivity contribution in [1.82, 2.24) is 0 Å². The molecule has 0 N–H and O–H groups in total. The molecule has 0 aliphatic carbocycles. The number of hydrogen-bond donors (Lipinski definition) is 0. The zero-order valence-electron chi connectivity index (χ0n) is 10.8. The predicted molar refractivity (Wildman–Crippen MR) is 60.7 cm³/mol. The fourth-order valence-corrected chi connectivity index (χ4v) is 1.36. The maximum absolute atomic E-state index is 11.9. The molecule has 90 valence electrons. The fourth-order valence-electron chi connectivity index (χ4n) is 1.36. The van der Waals surface area contributed by atoms with E-state index in [0.29, 0.717) is 13.2 Å². The van der Waals surface area contributed by atoms with Crippen LogP contribution in [-0.4, -0.2) is 26.3 Å². The minimum absolute atomic E-state index is 0.0914. The topological polar surface area (TPSA) is 35.5 Å². The second-order valence-electron chi connectivity index (χ2n) is 5.06. The number of ether oxygens (including phenoxy) is 2. The van der Waals surface area contributed by atoms with Crippen molar-refractivity contribution < 1.29 is 14.3 Å². The maximum Gasteiger partial charge on any atom is 0.312 e. The molecule has 1 atom stereocenters. The van der Waals surface area contributed by atoms with Crippen LogP contribution in [0.4, 0.5) is 0 Å². The van der Waals surface area contributed by atoms with Gasteiger partial charge in [-0.15, -0.1) is 0 Å². The molecular formula is C12H24O3. The molecule has 0 aromatic carbocycles. The van der Waals surface area contributed by atoms with Gasteiger partial charge in [-0.3, -0.25) is 4.79 Å². The Kier molecular flexibility index (Phi) is 5.29. The van der Waals surface area contributed by atoms with Gasteiger partial charge >= 0.3 is 5.97 Å². The summed E-state index contributed by atoms with van der Waals surface area (Å²) in [5.41, 5.74) is -0.521. The van der Waals surface area contributed by atoms with Crippen LogP contribution in [0.2, 0.25) is 0 Å². The molecular weight excluding hydrogens is 192 g/mol. The molecule has 0 fully saturated rings. The molecule has 0 spiro atoms. The van der Waals surface area contributed by atoms with E-state index < -0.39 is 5.41 Å². The number of esters is 1. The molecule has 0 aromatic rings. The lowest BCUT2D eigenvalue weighted by atomic mass is 9.66. The van der Waals surface area contributed by atoms with E-state index in [9.17, 15) is 4.79 Å². The van der Waals surface area contributed by atoms with Crippen molar-refractivity contribution >= 4 is 5.97 Å². The Bertz CT molecular complexity index is 205. The van der Waals surface area contributed by atoms with E-state index in [1.165, 1.54) is 0 Å². The molecule has 0 amide bonds. The van der Waals surface area contributed by atoms with Crippen LogP contribution in [0.1, 0.15) is 41.0 Å². The van der Waals surface area contributed by atoms with E-state index in [4.69, 9.17) is 9.47 Å². The quantitative estimate of drug-likeness (QED) is 0.523. The van der Waals surface area contributed by atoms with Crippen molar-refractivity contribution in [2.45, 2.75) is 41.0 Å². The first-order valence-electron chi connectivity index (χ1n) is 5.45. The van der Waals surface area contributed by atoms with E-state index in [2.05, 4.69) is 20.8 Å². The van der Waals surface area contributed by atoms with Crippen molar-refractivity contribution in [1.29, 1.82) is 0 Å². The van der Waals surface area contributed by atoms with Crippen LogP contribution in [0.15, 0.2) is 0 Å². The third-order valence-electron chi connectivity index (χ3n) is 3.33. The number of carbonyl (C=O) groups is 1. The van der Waals surface area contributed by atoms with Gasteiger partial charge in [0.1, 0.15) is 6.61 Å². The highest BCUT2D eigenvalue weighted by atomic mass is 16.6. The zero-order valence-corrected chi connectivity index (χ0v) is 10.8. The van der Waals surface area contributed by atoms with E-state index in [0.717, 1.165) is 6.42 Å². The Balaban J connectivity index is 4.46. The summed E-state index contributed by atoms with van der Waals surface area (Å²) in [6, 6.07) is 0. The third kappa shape index (κ3) is 3.49. The molecule has 0 radical (unpaired) electrons. The van der Waals surface area contributed by atoms with Crippen molar-refractivity contribution in [2.75, 3.05) is 20.3 Å². The molecule has 3 heteroatoms. The predicted octanol–water partition coefficient (Wildman–Crippen LogP) is 2.64. The molecule has 0 aliphatic heterocycles. The standard InChI is InChI=1S/C12H24O3/c1-7-12(5,11(2,3)4)10(13)15-9-8-14-6/h7-9H2,1-6H3.